The van der Waals surface area contributed by atoms with Gasteiger partial charge in [-0.15, -0.1) is 0 Å². The monoisotopic (exact) mass is 342 g/mol. The molecule has 0 bridgehead atoms. The van der Waals surface area contributed by atoms with Gasteiger partial charge in [0.15, 0.2) is 0 Å². The van der Waals surface area contributed by atoms with Crippen LogP contribution in [-0.2, 0) is 18.3 Å². The maximum absolute atomic E-state index is 11.9. The Bertz CT molecular complexity index is 734. The van der Waals surface area contributed by atoms with Crippen LogP contribution in [-0.4, -0.2) is 20.9 Å². The fourth-order valence-electron chi connectivity index (χ4n) is 3.06. The highest BCUT2D eigenvalue weighted by molar-refractivity contribution is 5.90. The van der Waals surface area contributed by atoms with Crippen molar-refractivity contribution >= 4 is 5.97 Å². The van der Waals surface area contributed by atoms with Gasteiger partial charge in [0, 0.05) is 0 Å². The average molecular weight is 342 g/mol. The van der Waals surface area contributed by atoms with Gasteiger partial charge < -0.3 is 5.11 Å². The van der Waals surface area contributed by atoms with Crippen molar-refractivity contribution < 1.29 is 9.90 Å². The maximum Gasteiger partial charge on any atom is 0.339 e. The molecule has 2 aromatic rings. The van der Waals surface area contributed by atoms with Crippen molar-refractivity contribution in [2.45, 2.75) is 66.2 Å². The van der Waals surface area contributed by atoms with E-state index < -0.39 is 5.97 Å². The number of carboxylic acids is 1. The largest absolute Gasteiger partial charge is 0.478 e. The Balaban J connectivity index is 2.57. The van der Waals surface area contributed by atoms with Gasteiger partial charge in [-0.1, -0.05) is 60.1 Å². The van der Waals surface area contributed by atoms with E-state index in [-0.39, 0.29) is 5.41 Å². The van der Waals surface area contributed by atoms with Crippen molar-refractivity contribution in [1.29, 1.82) is 0 Å². The van der Waals surface area contributed by atoms with Crippen LogP contribution >= 0.6 is 0 Å². The molecule has 1 aromatic heterocycles. The lowest BCUT2D eigenvalue weighted by atomic mass is 9.87. The van der Waals surface area contributed by atoms with Crippen molar-refractivity contribution in [3.8, 4) is 5.69 Å². The first kappa shape index (κ1) is 19.2. The molecular weight excluding hydrogens is 312 g/mol. The van der Waals surface area contributed by atoms with Crippen LogP contribution in [0.4, 0.5) is 0 Å². The standard InChI is InChI=1S/C21H30N2O2/c1-7-8-18-19(20(24)25)17(13-14(2)3)22-23(18)16-11-9-15(10-12-16)21(4,5)6/h9-12,14H,7-8,13H2,1-6H3,(H,24,25). The number of aromatic nitrogens is 2. The first-order valence-corrected chi connectivity index (χ1v) is 9.10. The topological polar surface area (TPSA) is 55.1 Å². The third kappa shape index (κ3) is 4.30. The maximum atomic E-state index is 11.9. The van der Waals surface area contributed by atoms with Crippen LogP contribution in [0.2, 0.25) is 0 Å². The van der Waals surface area contributed by atoms with Gasteiger partial charge in [-0.25, -0.2) is 9.48 Å². The Morgan fingerprint density at radius 2 is 1.80 bits per heavy atom. The highest BCUT2D eigenvalue weighted by atomic mass is 16.4. The summed E-state index contributed by atoms with van der Waals surface area (Å²) in [6.45, 7) is 12.8. The second kappa shape index (κ2) is 7.42. The average Bonchev–Trinajstić information content (AvgIpc) is 2.84. The molecular formula is C21H30N2O2. The second-order valence-corrected chi connectivity index (χ2v) is 8.13. The SMILES string of the molecule is CCCc1c(C(=O)O)c(CC(C)C)nn1-c1ccc(C(C)(C)C)cc1. The fourth-order valence-corrected chi connectivity index (χ4v) is 3.06. The number of carboxylic acid groups (broad SMARTS) is 1. The number of hydrogen-bond acceptors (Lipinski definition) is 2. The third-order valence-electron chi connectivity index (χ3n) is 4.33. The number of hydrogen-bond donors (Lipinski definition) is 1. The molecule has 0 amide bonds. The Kier molecular flexibility index (Phi) is 5.71. The molecule has 1 N–H and O–H groups in total. The highest BCUT2D eigenvalue weighted by Crippen LogP contribution is 2.26. The van der Waals surface area contributed by atoms with Gasteiger partial charge in [-0.3, -0.25) is 0 Å². The van der Waals surface area contributed by atoms with Crippen molar-refractivity contribution in [3.63, 3.8) is 0 Å². The van der Waals surface area contributed by atoms with Crippen molar-refractivity contribution in [3.05, 3.63) is 46.8 Å². The van der Waals surface area contributed by atoms with E-state index in [0.29, 0.717) is 30.0 Å². The number of aromatic carboxylic acids is 1. The number of benzene rings is 1. The van der Waals surface area contributed by atoms with E-state index in [9.17, 15) is 9.90 Å². The van der Waals surface area contributed by atoms with Gasteiger partial charge in [-0.05, 0) is 41.9 Å². The third-order valence-corrected chi connectivity index (χ3v) is 4.33. The zero-order valence-electron chi connectivity index (χ0n) is 16.3. The van der Waals surface area contributed by atoms with E-state index in [2.05, 4.69) is 58.8 Å². The van der Waals surface area contributed by atoms with E-state index in [4.69, 9.17) is 0 Å². The summed E-state index contributed by atoms with van der Waals surface area (Å²) < 4.78 is 1.83. The molecule has 0 spiro atoms. The molecule has 0 aliphatic heterocycles. The number of rotatable bonds is 6. The molecule has 0 fully saturated rings. The van der Waals surface area contributed by atoms with Crippen molar-refractivity contribution in [2.75, 3.05) is 0 Å². The molecule has 2 rings (SSSR count). The molecule has 0 radical (unpaired) electrons. The second-order valence-electron chi connectivity index (χ2n) is 8.13. The van der Waals surface area contributed by atoms with Crippen LogP contribution in [0.3, 0.4) is 0 Å². The highest BCUT2D eigenvalue weighted by Gasteiger charge is 2.24. The molecule has 0 atom stereocenters. The molecule has 4 heteroatoms. The predicted molar refractivity (Wildman–Crippen MR) is 102 cm³/mol. The summed E-state index contributed by atoms with van der Waals surface area (Å²) in [4.78, 5) is 11.9. The lowest BCUT2D eigenvalue weighted by Gasteiger charge is -2.19. The molecule has 0 saturated heterocycles. The molecule has 1 aromatic carbocycles. The molecule has 0 aliphatic rings. The van der Waals surface area contributed by atoms with Gasteiger partial charge in [0.05, 0.1) is 17.1 Å². The summed E-state index contributed by atoms with van der Waals surface area (Å²) in [6.07, 6.45) is 2.26. The van der Waals surface area contributed by atoms with Gasteiger partial charge >= 0.3 is 5.97 Å². The van der Waals surface area contributed by atoms with Crippen LogP contribution in [0, 0.1) is 5.92 Å². The molecule has 0 saturated carbocycles. The smallest absolute Gasteiger partial charge is 0.339 e. The van der Waals surface area contributed by atoms with Crippen LogP contribution in [0.25, 0.3) is 5.69 Å². The zero-order chi connectivity index (χ0) is 18.8. The Labute approximate surface area is 150 Å². The normalized spacial score (nSPS) is 12.0. The quantitative estimate of drug-likeness (QED) is 0.802. The summed E-state index contributed by atoms with van der Waals surface area (Å²) in [5.41, 5.74) is 4.13. The lowest BCUT2D eigenvalue weighted by molar-refractivity contribution is 0.0694. The summed E-state index contributed by atoms with van der Waals surface area (Å²) in [7, 11) is 0. The predicted octanol–water partition coefficient (Wildman–Crippen LogP) is 5.02. The van der Waals surface area contributed by atoms with E-state index in [1.54, 1.807) is 0 Å². The summed E-state index contributed by atoms with van der Waals surface area (Å²) in [5.74, 6) is -0.518. The Hall–Kier alpha value is -2.10. The molecule has 25 heavy (non-hydrogen) atoms. The lowest BCUT2D eigenvalue weighted by Crippen LogP contribution is -2.11. The van der Waals surface area contributed by atoms with E-state index >= 15 is 0 Å². The van der Waals surface area contributed by atoms with Gasteiger partial charge in [0.2, 0.25) is 0 Å². The number of nitrogens with zero attached hydrogens (tertiary/aromatic N) is 2. The summed E-state index contributed by atoms with van der Waals surface area (Å²) >= 11 is 0. The van der Waals surface area contributed by atoms with Gasteiger partial charge in [0.25, 0.3) is 0 Å². The minimum Gasteiger partial charge on any atom is -0.478 e. The molecule has 136 valence electrons. The van der Waals surface area contributed by atoms with E-state index in [0.717, 1.165) is 17.8 Å². The Morgan fingerprint density at radius 1 is 1.20 bits per heavy atom. The van der Waals surface area contributed by atoms with Crippen LogP contribution in [0.15, 0.2) is 24.3 Å². The van der Waals surface area contributed by atoms with E-state index in [1.165, 1.54) is 5.56 Å². The van der Waals surface area contributed by atoms with E-state index in [1.807, 2.05) is 16.8 Å². The first-order valence-electron chi connectivity index (χ1n) is 9.10. The number of carbonyl (C=O) groups is 1. The zero-order valence-corrected chi connectivity index (χ0v) is 16.3. The van der Waals surface area contributed by atoms with Crippen molar-refractivity contribution in [1.82, 2.24) is 9.78 Å². The van der Waals surface area contributed by atoms with Crippen LogP contribution in [0.5, 0.6) is 0 Å². The first-order chi connectivity index (χ1) is 11.6. The Morgan fingerprint density at radius 3 is 2.24 bits per heavy atom. The van der Waals surface area contributed by atoms with Crippen molar-refractivity contribution in [2.24, 2.45) is 5.92 Å². The molecule has 0 unspecified atom stereocenters. The van der Waals surface area contributed by atoms with Crippen LogP contribution < -0.4 is 0 Å². The summed E-state index contributed by atoms with van der Waals surface area (Å²) in [6, 6.07) is 8.29. The fraction of sp³-hybridized carbons (Fsp3) is 0.524. The van der Waals surface area contributed by atoms with Gasteiger partial charge in [0.1, 0.15) is 5.56 Å². The minimum atomic E-state index is -0.878. The molecule has 0 aliphatic carbocycles. The van der Waals surface area contributed by atoms with Crippen LogP contribution in [0.1, 0.15) is 75.3 Å². The minimum absolute atomic E-state index is 0.0872. The summed E-state index contributed by atoms with van der Waals surface area (Å²) in [5, 5.41) is 14.4. The molecule has 1 heterocycles. The van der Waals surface area contributed by atoms with Gasteiger partial charge in [-0.2, -0.15) is 5.10 Å². The molecule has 4 nitrogen and oxygen atoms in total.